The molecule has 1 N–H and O–H groups in total. The van der Waals surface area contributed by atoms with Crippen LogP contribution in [0, 0.1) is 3.57 Å². The maximum Gasteiger partial charge on any atom is 0.132 e. The summed E-state index contributed by atoms with van der Waals surface area (Å²) in [5.41, 5.74) is 1.04. The average Bonchev–Trinajstić information content (AvgIpc) is 2.49. The van der Waals surface area contributed by atoms with Gasteiger partial charge in [-0.3, -0.25) is 5.10 Å². The van der Waals surface area contributed by atoms with E-state index >= 15 is 0 Å². The number of halogens is 1. The summed E-state index contributed by atoms with van der Waals surface area (Å²) in [6, 6.07) is 3.99. The zero-order chi connectivity index (χ0) is 8.55. The zero-order valence-electron chi connectivity index (χ0n) is 6.47. The maximum atomic E-state index is 5.17. The number of H-pyrrole nitrogens is 1. The van der Waals surface area contributed by atoms with Gasteiger partial charge in [0.05, 0.1) is 22.4 Å². The van der Waals surface area contributed by atoms with Crippen LogP contribution in [0.5, 0.6) is 5.75 Å². The molecule has 2 aromatic rings. The van der Waals surface area contributed by atoms with E-state index < -0.39 is 0 Å². The van der Waals surface area contributed by atoms with E-state index in [1.807, 2.05) is 12.1 Å². The third kappa shape index (κ3) is 1.16. The van der Waals surface area contributed by atoms with Crippen molar-refractivity contribution in [3.05, 3.63) is 21.9 Å². The first-order valence-corrected chi connectivity index (χ1v) is 4.56. The van der Waals surface area contributed by atoms with E-state index in [-0.39, 0.29) is 0 Å². The van der Waals surface area contributed by atoms with Gasteiger partial charge in [0, 0.05) is 5.39 Å². The molecule has 62 valence electrons. The monoisotopic (exact) mass is 274 g/mol. The molecule has 4 heteroatoms. The summed E-state index contributed by atoms with van der Waals surface area (Å²) < 4.78 is 6.26. The van der Waals surface area contributed by atoms with Crippen LogP contribution in [-0.2, 0) is 0 Å². The number of hydrogen-bond donors (Lipinski definition) is 1. The summed E-state index contributed by atoms with van der Waals surface area (Å²) in [6.45, 7) is 0. The largest absolute Gasteiger partial charge is 0.496 e. The highest BCUT2D eigenvalue weighted by atomic mass is 127. The SMILES string of the molecule is COc1cc2cn[nH]c2cc1I. The predicted octanol–water partition coefficient (Wildman–Crippen LogP) is 2.18. The molecule has 0 aliphatic carbocycles. The van der Waals surface area contributed by atoms with Crippen LogP contribution >= 0.6 is 22.6 Å². The van der Waals surface area contributed by atoms with Crippen molar-refractivity contribution in [2.24, 2.45) is 0 Å². The molecular weight excluding hydrogens is 267 g/mol. The molecule has 0 unspecified atom stereocenters. The Morgan fingerprint density at radius 1 is 1.50 bits per heavy atom. The quantitative estimate of drug-likeness (QED) is 0.809. The molecule has 0 aliphatic rings. The van der Waals surface area contributed by atoms with Crippen LogP contribution in [-0.4, -0.2) is 17.3 Å². The van der Waals surface area contributed by atoms with Gasteiger partial charge in [0.25, 0.3) is 0 Å². The van der Waals surface area contributed by atoms with Crippen LogP contribution in [0.4, 0.5) is 0 Å². The molecule has 0 amide bonds. The Hall–Kier alpha value is -0.780. The van der Waals surface area contributed by atoms with E-state index in [2.05, 4.69) is 32.8 Å². The number of ether oxygens (including phenoxy) is 1. The van der Waals surface area contributed by atoms with E-state index in [0.717, 1.165) is 20.2 Å². The van der Waals surface area contributed by atoms with E-state index in [1.165, 1.54) is 0 Å². The minimum atomic E-state index is 0.893. The van der Waals surface area contributed by atoms with Crippen LogP contribution in [0.25, 0.3) is 10.9 Å². The summed E-state index contributed by atoms with van der Waals surface area (Å²) in [5, 5.41) is 7.91. The van der Waals surface area contributed by atoms with Gasteiger partial charge < -0.3 is 4.74 Å². The van der Waals surface area contributed by atoms with Gasteiger partial charge in [-0.2, -0.15) is 5.10 Å². The van der Waals surface area contributed by atoms with Crippen molar-refractivity contribution in [1.29, 1.82) is 0 Å². The van der Waals surface area contributed by atoms with Gasteiger partial charge in [-0.05, 0) is 34.7 Å². The second-order valence-corrected chi connectivity index (χ2v) is 3.61. The minimum absolute atomic E-state index is 0.893. The standard InChI is InChI=1S/C8H7IN2O/c1-12-8-2-5-4-10-11-7(5)3-6(8)9/h2-4H,1H3,(H,10,11). The molecular formula is C8H7IN2O. The Balaban J connectivity index is 2.73. The van der Waals surface area contributed by atoms with Gasteiger partial charge in [0.2, 0.25) is 0 Å². The number of rotatable bonds is 1. The molecule has 0 saturated heterocycles. The van der Waals surface area contributed by atoms with E-state index in [9.17, 15) is 0 Å². The van der Waals surface area contributed by atoms with Crippen molar-refractivity contribution in [3.8, 4) is 5.75 Å². The molecule has 0 spiro atoms. The van der Waals surface area contributed by atoms with Crippen molar-refractivity contribution >= 4 is 33.5 Å². The molecule has 2 rings (SSSR count). The average molecular weight is 274 g/mol. The number of aromatic amines is 1. The second-order valence-electron chi connectivity index (χ2n) is 2.44. The number of nitrogens with one attached hydrogen (secondary N) is 1. The van der Waals surface area contributed by atoms with E-state index in [1.54, 1.807) is 13.3 Å². The Labute approximate surface area is 83.3 Å². The third-order valence-electron chi connectivity index (χ3n) is 1.71. The first-order chi connectivity index (χ1) is 5.81. The lowest BCUT2D eigenvalue weighted by atomic mass is 10.2. The lowest BCUT2D eigenvalue weighted by molar-refractivity contribution is 0.412. The summed E-state index contributed by atoms with van der Waals surface area (Å²) in [7, 11) is 1.67. The highest BCUT2D eigenvalue weighted by molar-refractivity contribution is 14.1. The minimum Gasteiger partial charge on any atom is -0.496 e. The first-order valence-electron chi connectivity index (χ1n) is 3.48. The summed E-state index contributed by atoms with van der Waals surface area (Å²) in [4.78, 5) is 0. The van der Waals surface area contributed by atoms with E-state index in [4.69, 9.17) is 4.74 Å². The Morgan fingerprint density at radius 3 is 3.08 bits per heavy atom. The van der Waals surface area contributed by atoms with Crippen LogP contribution in [0.2, 0.25) is 0 Å². The highest BCUT2D eigenvalue weighted by Crippen LogP contribution is 2.25. The first kappa shape index (κ1) is 7.85. The van der Waals surface area contributed by atoms with Gasteiger partial charge in [-0.25, -0.2) is 0 Å². The Bertz CT molecular complexity index is 410. The van der Waals surface area contributed by atoms with Crippen molar-refractivity contribution < 1.29 is 4.74 Å². The van der Waals surface area contributed by atoms with Gasteiger partial charge >= 0.3 is 0 Å². The summed E-state index contributed by atoms with van der Waals surface area (Å²) in [6.07, 6.45) is 1.79. The lowest BCUT2D eigenvalue weighted by Crippen LogP contribution is -1.85. The molecule has 0 atom stereocenters. The van der Waals surface area contributed by atoms with Gasteiger partial charge in [-0.1, -0.05) is 0 Å². The fraction of sp³-hybridized carbons (Fsp3) is 0.125. The Morgan fingerprint density at radius 2 is 2.33 bits per heavy atom. The van der Waals surface area contributed by atoms with Crippen molar-refractivity contribution in [3.63, 3.8) is 0 Å². The van der Waals surface area contributed by atoms with Crippen molar-refractivity contribution in [2.45, 2.75) is 0 Å². The number of methoxy groups -OCH3 is 1. The molecule has 0 bridgehead atoms. The van der Waals surface area contributed by atoms with Gasteiger partial charge in [0.1, 0.15) is 5.75 Å². The normalized spacial score (nSPS) is 10.5. The molecule has 0 radical (unpaired) electrons. The second kappa shape index (κ2) is 2.93. The molecule has 0 fully saturated rings. The summed E-state index contributed by atoms with van der Waals surface area (Å²) in [5.74, 6) is 0.893. The fourth-order valence-corrected chi connectivity index (χ4v) is 1.79. The number of nitrogens with zero attached hydrogens (tertiary/aromatic N) is 1. The zero-order valence-corrected chi connectivity index (χ0v) is 8.62. The van der Waals surface area contributed by atoms with Crippen LogP contribution in [0.3, 0.4) is 0 Å². The van der Waals surface area contributed by atoms with Crippen LogP contribution in [0.15, 0.2) is 18.3 Å². The van der Waals surface area contributed by atoms with Crippen molar-refractivity contribution in [2.75, 3.05) is 7.11 Å². The number of aromatic nitrogens is 2. The van der Waals surface area contributed by atoms with Crippen LogP contribution < -0.4 is 4.74 Å². The molecule has 3 nitrogen and oxygen atoms in total. The molecule has 0 saturated carbocycles. The van der Waals surface area contributed by atoms with Crippen LogP contribution in [0.1, 0.15) is 0 Å². The molecule has 1 heterocycles. The molecule has 1 aromatic carbocycles. The predicted molar refractivity (Wildman–Crippen MR) is 55.4 cm³/mol. The van der Waals surface area contributed by atoms with Gasteiger partial charge in [0.15, 0.2) is 0 Å². The number of benzene rings is 1. The molecule has 12 heavy (non-hydrogen) atoms. The Kier molecular flexibility index (Phi) is 1.92. The number of fused-ring (bicyclic) bond motifs is 1. The fourth-order valence-electron chi connectivity index (χ4n) is 1.10. The maximum absolute atomic E-state index is 5.17. The van der Waals surface area contributed by atoms with E-state index in [0.29, 0.717) is 0 Å². The smallest absolute Gasteiger partial charge is 0.132 e. The molecule has 0 aliphatic heterocycles. The highest BCUT2D eigenvalue weighted by Gasteiger charge is 2.02. The number of hydrogen-bond acceptors (Lipinski definition) is 2. The van der Waals surface area contributed by atoms with Crippen molar-refractivity contribution in [1.82, 2.24) is 10.2 Å². The summed E-state index contributed by atoms with van der Waals surface area (Å²) >= 11 is 2.23. The molecule has 1 aromatic heterocycles. The topological polar surface area (TPSA) is 37.9 Å². The lowest BCUT2D eigenvalue weighted by Gasteiger charge is -2.01. The van der Waals surface area contributed by atoms with Gasteiger partial charge in [-0.15, -0.1) is 0 Å². The third-order valence-corrected chi connectivity index (χ3v) is 2.56.